The molecule has 0 radical (unpaired) electrons. The lowest BCUT2D eigenvalue weighted by Gasteiger charge is -2.55. The molecule has 29 heavy (non-hydrogen) atoms. The lowest BCUT2D eigenvalue weighted by Crippen LogP contribution is -2.64. The maximum absolute atomic E-state index is 12.9. The molecular weight excluding hydrogens is 372 g/mol. The highest BCUT2D eigenvalue weighted by molar-refractivity contribution is 6.05. The number of amides is 3. The first kappa shape index (κ1) is 18.7. The van der Waals surface area contributed by atoms with E-state index in [0.29, 0.717) is 50.2 Å². The van der Waals surface area contributed by atoms with Gasteiger partial charge >= 0.3 is 0 Å². The van der Waals surface area contributed by atoms with E-state index in [-0.39, 0.29) is 29.7 Å². The zero-order valence-electron chi connectivity index (χ0n) is 16.3. The molecule has 1 aromatic carbocycles. The van der Waals surface area contributed by atoms with Gasteiger partial charge in [0.1, 0.15) is 6.04 Å². The minimum absolute atomic E-state index is 0.0810. The summed E-state index contributed by atoms with van der Waals surface area (Å²) in [5.41, 5.74) is 8.35. The number of ether oxygens (including phenoxy) is 1. The lowest BCUT2D eigenvalue weighted by molar-refractivity contribution is -0.186. The fourth-order valence-electron chi connectivity index (χ4n) is 5.11. The molecule has 3 amide bonds. The second kappa shape index (κ2) is 6.90. The number of nitrogens with zero attached hydrogens (tertiary/aromatic N) is 1. The Morgan fingerprint density at radius 2 is 2.10 bits per heavy atom. The fourth-order valence-corrected chi connectivity index (χ4v) is 5.11. The Balaban J connectivity index is 1.23. The van der Waals surface area contributed by atoms with Gasteiger partial charge in [0.25, 0.3) is 5.91 Å². The number of fused-ring (bicyclic) bond motifs is 3. The second-order valence-electron chi connectivity index (χ2n) is 8.75. The summed E-state index contributed by atoms with van der Waals surface area (Å²) < 4.78 is 5.96. The highest BCUT2D eigenvalue weighted by atomic mass is 16.5. The van der Waals surface area contributed by atoms with Crippen LogP contribution in [0.15, 0.2) is 18.2 Å². The molecule has 4 aliphatic heterocycles. The van der Waals surface area contributed by atoms with E-state index in [9.17, 15) is 14.4 Å². The van der Waals surface area contributed by atoms with Crippen LogP contribution in [0.1, 0.15) is 47.2 Å². The van der Waals surface area contributed by atoms with Gasteiger partial charge in [-0.2, -0.15) is 0 Å². The molecule has 154 valence electrons. The summed E-state index contributed by atoms with van der Waals surface area (Å²) in [6.45, 7) is 2.34. The summed E-state index contributed by atoms with van der Waals surface area (Å²) in [4.78, 5) is 38.0. The number of carbonyl (C=O) groups excluding carboxylic acids is 3. The highest BCUT2D eigenvalue weighted by Gasteiger charge is 2.51. The first-order valence-corrected chi connectivity index (χ1v) is 10.3. The van der Waals surface area contributed by atoms with Crippen molar-refractivity contribution in [3.8, 4) is 0 Å². The van der Waals surface area contributed by atoms with Crippen molar-refractivity contribution in [1.29, 1.82) is 0 Å². The molecule has 0 aromatic heterocycles. The van der Waals surface area contributed by atoms with Crippen molar-refractivity contribution in [2.45, 2.75) is 56.5 Å². The van der Waals surface area contributed by atoms with Crippen LogP contribution in [0.25, 0.3) is 0 Å². The molecular formula is C21H26N4O4. The second-order valence-corrected chi connectivity index (χ2v) is 8.75. The molecule has 2 atom stereocenters. The molecule has 2 bridgehead atoms. The van der Waals surface area contributed by atoms with E-state index in [1.807, 2.05) is 18.2 Å². The van der Waals surface area contributed by atoms with Crippen LogP contribution in [-0.4, -0.2) is 53.5 Å². The third kappa shape index (κ3) is 3.15. The van der Waals surface area contributed by atoms with Crippen LogP contribution < -0.4 is 16.4 Å². The molecule has 1 aromatic rings. The molecule has 1 aliphatic carbocycles. The molecule has 6 rings (SSSR count). The Labute approximate surface area is 169 Å². The average molecular weight is 398 g/mol. The van der Waals surface area contributed by atoms with Crippen LogP contribution in [0.2, 0.25) is 0 Å². The van der Waals surface area contributed by atoms with Crippen molar-refractivity contribution < 1.29 is 19.1 Å². The van der Waals surface area contributed by atoms with Gasteiger partial charge in [-0.25, -0.2) is 0 Å². The van der Waals surface area contributed by atoms with Crippen LogP contribution in [0, 0.1) is 5.92 Å². The number of piperidine rings is 1. The average Bonchev–Trinajstić information content (AvgIpc) is 3.02. The molecule has 8 nitrogen and oxygen atoms in total. The Morgan fingerprint density at radius 3 is 2.79 bits per heavy atom. The van der Waals surface area contributed by atoms with E-state index < -0.39 is 6.04 Å². The van der Waals surface area contributed by atoms with Crippen molar-refractivity contribution in [3.05, 3.63) is 34.9 Å². The Morgan fingerprint density at radius 1 is 1.28 bits per heavy atom. The predicted octanol–water partition coefficient (Wildman–Crippen LogP) is 0.0435. The van der Waals surface area contributed by atoms with E-state index in [1.165, 1.54) is 0 Å². The maximum Gasteiger partial charge on any atom is 0.255 e. The standard InChI is InChI=1S/C21H26N4O4/c22-11-21-6-14(7-21)16(10-29-21)23-8-12-1-2-13-9-25(20(28)15(13)5-12)17-3-4-18(26)24-19(17)27/h1-2,5,14,16-17,23H,3-4,6-11,22H2,(H,24,26,27). The van der Waals surface area contributed by atoms with Gasteiger partial charge in [0.15, 0.2) is 0 Å². The van der Waals surface area contributed by atoms with Crippen molar-refractivity contribution >= 4 is 17.7 Å². The van der Waals surface area contributed by atoms with Crippen molar-refractivity contribution in [2.24, 2.45) is 11.7 Å². The number of hydrogen-bond donors (Lipinski definition) is 3. The summed E-state index contributed by atoms with van der Waals surface area (Å²) in [5.74, 6) is -0.184. The number of nitrogens with one attached hydrogen (secondary N) is 2. The highest BCUT2D eigenvalue weighted by Crippen LogP contribution is 2.46. The van der Waals surface area contributed by atoms with E-state index >= 15 is 0 Å². The van der Waals surface area contributed by atoms with Gasteiger partial charge in [0.05, 0.1) is 12.2 Å². The Kier molecular flexibility index (Phi) is 4.45. The SMILES string of the molecule is NCC12CC(C1)C(NCc1ccc3c(c1)C(=O)N(C1CCC(=O)NC1=O)C3)CO2. The number of rotatable bonds is 5. The molecule has 5 aliphatic rings. The first-order chi connectivity index (χ1) is 14.0. The molecule has 2 unspecified atom stereocenters. The Hall–Kier alpha value is -2.29. The minimum atomic E-state index is -0.574. The van der Waals surface area contributed by atoms with E-state index in [1.54, 1.807) is 4.90 Å². The van der Waals surface area contributed by atoms with Crippen LogP contribution in [0.4, 0.5) is 0 Å². The molecule has 0 spiro atoms. The first-order valence-electron chi connectivity index (χ1n) is 10.3. The summed E-state index contributed by atoms with van der Waals surface area (Å²) in [5, 5.41) is 5.90. The largest absolute Gasteiger partial charge is 0.372 e. The zero-order valence-corrected chi connectivity index (χ0v) is 16.3. The quantitative estimate of drug-likeness (QED) is 0.604. The Bertz CT molecular complexity index is 874. The number of imide groups is 1. The summed E-state index contributed by atoms with van der Waals surface area (Å²) in [7, 11) is 0. The lowest BCUT2D eigenvalue weighted by atomic mass is 9.65. The molecule has 4 heterocycles. The molecule has 4 N–H and O–H groups in total. The molecule has 4 fully saturated rings. The number of hydrogen-bond acceptors (Lipinski definition) is 6. The van der Waals surface area contributed by atoms with Crippen LogP contribution in [-0.2, 0) is 27.4 Å². The van der Waals surface area contributed by atoms with Gasteiger partial charge in [-0.3, -0.25) is 19.7 Å². The van der Waals surface area contributed by atoms with Crippen molar-refractivity contribution in [1.82, 2.24) is 15.5 Å². The van der Waals surface area contributed by atoms with Gasteiger partial charge < -0.3 is 20.7 Å². The zero-order chi connectivity index (χ0) is 20.2. The smallest absolute Gasteiger partial charge is 0.255 e. The van der Waals surface area contributed by atoms with Gasteiger partial charge in [0.2, 0.25) is 11.8 Å². The fraction of sp³-hybridized carbons (Fsp3) is 0.571. The monoisotopic (exact) mass is 398 g/mol. The molecule has 3 saturated heterocycles. The van der Waals surface area contributed by atoms with Crippen LogP contribution in [0.3, 0.4) is 0 Å². The van der Waals surface area contributed by atoms with Crippen LogP contribution >= 0.6 is 0 Å². The molecule has 8 heteroatoms. The van der Waals surface area contributed by atoms with Gasteiger partial charge in [-0.15, -0.1) is 0 Å². The summed E-state index contributed by atoms with van der Waals surface area (Å²) in [6, 6.07) is 5.66. The maximum atomic E-state index is 12.9. The van der Waals surface area contributed by atoms with Crippen molar-refractivity contribution in [2.75, 3.05) is 13.2 Å². The normalized spacial score (nSPS) is 33.3. The van der Waals surface area contributed by atoms with E-state index in [2.05, 4.69) is 10.6 Å². The third-order valence-electron chi connectivity index (χ3n) is 6.94. The predicted molar refractivity (Wildman–Crippen MR) is 104 cm³/mol. The van der Waals surface area contributed by atoms with Crippen LogP contribution in [0.5, 0.6) is 0 Å². The van der Waals surface area contributed by atoms with Gasteiger partial charge in [0, 0.05) is 37.7 Å². The van der Waals surface area contributed by atoms with E-state index in [0.717, 1.165) is 24.0 Å². The number of benzene rings is 1. The minimum Gasteiger partial charge on any atom is -0.372 e. The molecule has 1 saturated carbocycles. The third-order valence-corrected chi connectivity index (χ3v) is 6.94. The summed E-state index contributed by atoms with van der Waals surface area (Å²) in [6.07, 6.45) is 2.68. The number of carbonyl (C=O) groups is 3. The van der Waals surface area contributed by atoms with Crippen molar-refractivity contribution in [3.63, 3.8) is 0 Å². The van der Waals surface area contributed by atoms with Gasteiger partial charge in [-0.1, -0.05) is 12.1 Å². The van der Waals surface area contributed by atoms with E-state index in [4.69, 9.17) is 10.5 Å². The summed E-state index contributed by atoms with van der Waals surface area (Å²) >= 11 is 0. The topological polar surface area (TPSA) is 114 Å². The van der Waals surface area contributed by atoms with Gasteiger partial charge in [-0.05, 0) is 42.4 Å². The number of nitrogens with two attached hydrogens (primary N) is 1.